The van der Waals surface area contributed by atoms with Gasteiger partial charge in [-0.3, -0.25) is 9.59 Å². The molecule has 0 aliphatic heterocycles. The molecule has 1 N–H and O–H groups in total. The van der Waals surface area contributed by atoms with E-state index >= 15 is 0 Å². The van der Waals surface area contributed by atoms with Crippen LogP contribution in [0.15, 0.2) is 66.0 Å². The highest BCUT2D eigenvalue weighted by Crippen LogP contribution is 2.48. The largest absolute Gasteiger partial charge is 0.407 e. The highest BCUT2D eigenvalue weighted by Gasteiger charge is 2.34. The summed E-state index contributed by atoms with van der Waals surface area (Å²) in [7, 11) is 0. The first-order chi connectivity index (χ1) is 16.0. The topological polar surface area (TPSA) is 73.2 Å². The number of carbonyl (C=O) groups excluding carboxylic acids is 2. The molecule has 0 saturated heterocycles. The van der Waals surface area contributed by atoms with Gasteiger partial charge in [-0.05, 0) is 61.0 Å². The zero-order chi connectivity index (χ0) is 22.9. The molecule has 2 aromatic heterocycles. The summed E-state index contributed by atoms with van der Waals surface area (Å²) in [5.74, 6) is 0.235. The van der Waals surface area contributed by atoms with Crippen LogP contribution >= 0.6 is 11.3 Å². The second-order valence-electron chi connectivity index (χ2n) is 8.19. The van der Waals surface area contributed by atoms with Crippen LogP contribution in [0.1, 0.15) is 46.6 Å². The van der Waals surface area contributed by atoms with Gasteiger partial charge in [0.05, 0.1) is 21.8 Å². The van der Waals surface area contributed by atoms with Crippen molar-refractivity contribution in [1.82, 2.24) is 9.78 Å². The van der Waals surface area contributed by atoms with Crippen LogP contribution in [0.25, 0.3) is 16.8 Å². The molecular weight excluding hydrogens is 434 g/mol. The van der Waals surface area contributed by atoms with Gasteiger partial charge in [0.1, 0.15) is 0 Å². The van der Waals surface area contributed by atoms with Crippen molar-refractivity contribution in [2.24, 2.45) is 0 Å². The normalized spacial score (nSPS) is 13.0. The van der Waals surface area contributed by atoms with Gasteiger partial charge in [-0.2, -0.15) is 9.78 Å². The predicted molar refractivity (Wildman–Crippen MR) is 129 cm³/mol. The molecule has 5 rings (SSSR count). The molecule has 33 heavy (non-hydrogen) atoms. The Labute approximate surface area is 195 Å². The Balaban J connectivity index is 1.54. The van der Waals surface area contributed by atoms with Gasteiger partial charge in [0, 0.05) is 18.5 Å². The second kappa shape index (κ2) is 8.67. The van der Waals surface area contributed by atoms with Gasteiger partial charge < -0.3 is 10.1 Å². The van der Waals surface area contributed by atoms with Crippen LogP contribution in [0.3, 0.4) is 0 Å². The molecular formula is C26H23N3O3S. The molecule has 2 aromatic carbocycles. The van der Waals surface area contributed by atoms with Crippen LogP contribution in [-0.4, -0.2) is 21.7 Å². The van der Waals surface area contributed by atoms with E-state index in [1.54, 1.807) is 10.7 Å². The van der Waals surface area contributed by atoms with Gasteiger partial charge >= 0.3 is 5.97 Å². The highest BCUT2D eigenvalue weighted by molar-refractivity contribution is 7.12. The number of amides is 1. The van der Waals surface area contributed by atoms with Crippen molar-refractivity contribution in [3.63, 3.8) is 0 Å². The number of anilines is 1. The van der Waals surface area contributed by atoms with Crippen molar-refractivity contribution in [3.8, 4) is 22.7 Å². The van der Waals surface area contributed by atoms with E-state index in [0.717, 1.165) is 40.9 Å². The van der Waals surface area contributed by atoms with Crippen LogP contribution in [0.2, 0.25) is 0 Å². The number of ether oxygens (including phenoxy) is 1. The zero-order valence-electron chi connectivity index (χ0n) is 18.4. The van der Waals surface area contributed by atoms with E-state index in [2.05, 4.69) is 5.32 Å². The molecule has 0 radical (unpaired) electrons. The summed E-state index contributed by atoms with van der Waals surface area (Å²) in [5, 5.41) is 9.67. The number of thiophene rings is 1. The minimum Gasteiger partial charge on any atom is -0.407 e. The number of rotatable bonds is 6. The third kappa shape index (κ3) is 4.45. The maximum atomic E-state index is 12.4. The molecule has 0 spiro atoms. The summed E-state index contributed by atoms with van der Waals surface area (Å²) in [5.41, 5.74) is 5.32. The van der Waals surface area contributed by atoms with E-state index in [1.165, 1.54) is 18.3 Å². The number of aryl methyl sites for hydroxylation is 1. The average Bonchev–Trinajstić information content (AvgIpc) is 3.36. The number of nitrogens with one attached hydrogen (secondary N) is 1. The summed E-state index contributed by atoms with van der Waals surface area (Å²) in [6.07, 6.45) is 2.12. The lowest BCUT2D eigenvalue weighted by Crippen LogP contribution is -2.10. The van der Waals surface area contributed by atoms with Gasteiger partial charge in [0.2, 0.25) is 5.88 Å². The van der Waals surface area contributed by atoms with Crippen LogP contribution < -0.4 is 10.1 Å². The minimum atomic E-state index is -0.397. The SMILES string of the molecule is CC(=O)Oc1c(-c2ccc(NC(=O)c3cccs3)cc2)c(C2CC2)nn1-c1ccc(C)cc1. The van der Waals surface area contributed by atoms with Crippen LogP contribution in [0, 0.1) is 6.92 Å². The molecule has 2 heterocycles. The summed E-state index contributed by atoms with van der Waals surface area (Å²) >= 11 is 1.40. The molecule has 1 saturated carbocycles. The van der Waals surface area contributed by atoms with Crippen molar-refractivity contribution < 1.29 is 14.3 Å². The Kier molecular flexibility index (Phi) is 5.56. The first-order valence-corrected chi connectivity index (χ1v) is 11.7. The fraction of sp³-hybridized carbons (Fsp3) is 0.192. The van der Waals surface area contributed by atoms with Crippen LogP contribution in [-0.2, 0) is 4.79 Å². The standard InChI is InChI=1S/C26H23N3O3S/c1-16-5-13-21(14-6-16)29-26(32-17(2)30)23(24(28-29)19-7-8-19)18-9-11-20(12-10-18)27-25(31)22-4-3-15-33-22/h3-6,9-15,19H,7-8H2,1-2H3,(H,27,31). The molecule has 0 atom stereocenters. The Hall–Kier alpha value is -3.71. The summed E-state index contributed by atoms with van der Waals surface area (Å²) < 4.78 is 7.43. The highest BCUT2D eigenvalue weighted by atomic mass is 32.1. The number of benzene rings is 2. The maximum Gasteiger partial charge on any atom is 0.309 e. The molecule has 4 aromatic rings. The molecule has 1 aliphatic rings. The number of hydrogen-bond donors (Lipinski definition) is 1. The number of nitrogens with zero attached hydrogens (tertiary/aromatic N) is 2. The van der Waals surface area contributed by atoms with Crippen molar-refractivity contribution in [2.75, 3.05) is 5.32 Å². The van der Waals surface area contributed by atoms with Gasteiger partial charge in [0.25, 0.3) is 5.91 Å². The van der Waals surface area contributed by atoms with Crippen LogP contribution in [0.5, 0.6) is 5.88 Å². The van der Waals surface area contributed by atoms with Crippen molar-refractivity contribution in [1.29, 1.82) is 0 Å². The Bertz CT molecular complexity index is 1300. The first-order valence-electron chi connectivity index (χ1n) is 10.8. The van der Waals surface area contributed by atoms with Crippen molar-refractivity contribution >= 4 is 28.9 Å². The lowest BCUT2D eigenvalue weighted by atomic mass is 10.0. The quantitative estimate of drug-likeness (QED) is 0.362. The Morgan fingerprint density at radius 2 is 1.79 bits per heavy atom. The number of esters is 1. The molecule has 1 aliphatic carbocycles. The Morgan fingerprint density at radius 1 is 1.06 bits per heavy atom. The maximum absolute atomic E-state index is 12.4. The van der Waals surface area contributed by atoms with Crippen LogP contribution in [0.4, 0.5) is 5.69 Å². The molecule has 0 unspecified atom stereocenters. The number of aromatic nitrogens is 2. The molecule has 1 amide bonds. The second-order valence-corrected chi connectivity index (χ2v) is 9.14. The van der Waals surface area contributed by atoms with Gasteiger partial charge in [-0.25, -0.2) is 0 Å². The van der Waals surface area contributed by atoms with Crippen molar-refractivity contribution in [3.05, 3.63) is 82.2 Å². The first kappa shape index (κ1) is 21.2. The number of hydrogen-bond acceptors (Lipinski definition) is 5. The fourth-order valence-electron chi connectivity index (χ4n) is 3.74. The Morgan fingerprint density at radius 3 is 2.39 bits per heavy atom. The van der Waals surface area contributed by atoms with E-state index in [0.29, 0.717) is 22.4 Å². The summed E-state index contributed by atoms with van der Waals surface area (Å²) in [6.45, 7) is 3.43. The summed E-state index contributed by atoms with van der Waals surface area (Å²) in [4.78, 5) is 25.0. The molecule has 1 fully saturated rings. The van der Waals surface area contributed by atoms with E-state index in [4.69, 9.17) is 9.84 Å². The smallest absolute Gasteiger partial charge is 0.309 e. The molecule has 7 heteroatoms. The van der Waals surface area contributed by atoms with E-state index in [9.17, 15) is 9.59 Å². The third-order valence-electron chi connectivity index (χ3n) is 5.53. The predicted octanol–water partition coefficient (Wildman–Crippen LogP) is 5.96. The molecule has 0 bridgehead atoms. The monoisotopic (exact) mass is 457 g/mol. The summed E-state index contributed by atoms with van der Waals surface area (Å²) in [6, 6.07) is 19.2. The van der Waals surface area contributed by atoms with E-state index in [-0.39, 0.29) is 5.91 Å². The zero-order valence-corrected chi connectivity index (χ0v) is 19.2. The average molecular weight is 458 g/mol. The minimum absolute atomic E-state index is 0.135. The van der Waals surface area contributed by atoms with Gasteiger partial charge in [0.15, 0.2) is 0 Å². The molecule has 6 nitrogen and oxygen atoms in total. The van der Waals surface area contributed by atoms with Gasteiger partial charge in [-0.15, -0.1) is 11.3 Å². The van der Waals surface area contributed by atoms with E-state index < -0.39 is 5.97 Å². The van der Waals surface area contributed by atoms with Crippen molar-refractivity contribution in [2.45, 2.75) is 32.6 Å². The fourth-order valence-corrected chi connectivity index (χ4v) is 4.36. The lowest BCUT2D eigenvalue weighted by molar-refractivity contribution is -0.132. The third-order valence-corrected chi connectivity index (χ3v) is 6.40. The van der Waals surface area contributed by atoms with Gasteiger partial charge in [-0.1, -0.05) is 35.9 Å². The molecule has 166 valence electrons. The number of carbonyl (C=O) groups is 2. The van der Waals surface area contributed by atoms with E-state index in [1.807, 2.05) is 66.9 Å². The lowest BCUT2D eigenvalue weighted by Gasteiger charge is -2.10.